The molecule has 3 aromatic rings. The van der Waals surface area contributed by atoms with Crippen molar-refractivity contribution in [1.29, 1.82) is 0 Å². The van der Waals surface area contributed by atoms with Crippen molar-refractivity contribution in [3.05, 3.63) is 65.1 Å². The molecule has 0 aliphatic heterocycles. The molecule has 1 aromatic carbocycles. The molecule has 2 aromatic heterocycles. The Hall–Kier alpha value is -2.37. The normalized spacial score (nSPS) is 10.9. The summed E-state index contributed by atoms with van der Waals surface area (Å²) in [6, 6.07) is 11.1. The average Bonchev–Trinajstić information content (AvgIpc) is 2.88. The first-order valence-corrected chi connectivity index (χ1v) is 7.56. The number of nitrogens with zero attached hydrogens (tertiary/aromatic N) is 2. The second-order valence-electron chi connectivity index (χ2n) is 5.20. The number of ether oxygens (including phenoxy) is 1. The monoisotopic (exact) mass is 329 g/mol. The first-order valence-electron chi connectivity index (χ1n) is 7.18. The molecule has 0 aliphatic carbocycles. The summed E-state index contributed by atoms with van der Waals surface area (Å²) in [7, 11) is 0. The van der Waals surface area contributed by atoms with E-state index in [1.165, 1.54) is 0 Å². The van der Waals surface area contributed by atoms with E-state index in [1.807, 2.05) is 54.0 Å². The first kappa shape index (κ1) is 15.5. The number of amides is 1. The maximum absolute atomic E-state index is 11.9. The molecule has 0 bridgehead atoms. The van der Waals surface area contributed by atoms with Gasteiger partial charge in [0.05, 0.1) is 18.0 Å². The number of rotatable bonds is 5. The van der Waals surface area contributed by atoms with Gasteiger partial charge in [0.25, 0.3) is 0 Å². The minimum absolute atomic E-state index is 0.0355. The van der Waals surface area contributed by atoms with Gasteiger partial charge in [-0.25, -0.2) is 4.98 Å². The van der Waals surface area contributed by atoms with E-state index < -0.39 is 0 Å². The number of imidazole rings is 1. The van der Waals surface area contributed by atoms with E-state index in [-0.39, 0.29) is 12.5 Å². The molecule has 0 spiro atoms. The lowest BCUT2D eigenvalue weighted by atomic mass is 10.2. The molecule has 0 saturated heterocycles. The van der Waals surface area contributed by atoms with E-state index >= 15 is 0 Å². The summed E-state index contributed by atoms with van der Waals surface area (Å²) in [5.41, 5.74) is 3.32. The van der Waals surface area contributed by atoms with Crippen molar-refractivity contribution >= 4 is 28.8 Å². The van der Waals surface area contributed by atoms with E-state index in [2.05, 4.69) is 10.3 Å². The SMILES string of the molecule is Cc1cn2cc(NC(=O)COCc3ccccc3Cl)ccc2n1. The van der Waals surface area contributed by atoms with Crippen molar-refractivity contribution < 1.29 is 9.53 Å². The first-order chi connectivity index (χ1) is 11.1. The zero-order valence-corrected chi connectivity index (χ0v) is 13.4. The maximum atomic E-state index is 11.9. The average molecular weight is 330 g/mol. The van der Waals surface area contributed by atoms with E-state index in [9.17, 15) is 4.79 Å². The number of aryl methyl sites for hydroxylation is 1. The second kappa shape index (κ2) is 6.81. The Labute approximate surface area is 138 Å². The van der Waals surface area contributed by atoms with Crippen LogP contribution >= 0.6 is 11.6 Å². The van der Waals surface area contributed by atoms with Crippen LogP contribution in [0.4, 0.5) is 5.69 Å². The highest BCUT2D eigenvalue weighted by molar-refractivity contribution is 6.31. The minimum atomic E-state index is -0.215. The highest BCUT2D eigenvalue weighted by atomic mass is 35.5. The van der Waals surface area contributed by atoms with Gasteiger partial charge >= 0.3 is 0 Å². The standard InChI is InChI=1S/C17H16ClN3O2/c1-12-8-21-9-14(6-7-16(21)19-12)20-17(22)11-23-10-13-4-2-3-5-15(13)18/h2-9H,10-11H2,1H3,(H,20,22). The number of pyridine rings is 1. The number of benzene rings is 1. The molecule has 118 valence electrons. The molecule has 0 saturated carbocycles. The zero-order valence-electron chi connectivity index (χ0n) is 12.6. The second-order valence-corrected chi connectivity index (χ2v) is 5.61. The maximum Gasteiger partial charge on any atom is 0.250 e. The fourth-order valence-electron chi connectivity index (χ4n) is 2.26. The number of carbonyl (C=O) groups excluding carboxylic acids is 1. The molecule has 1 amide bonds. The molecule has 3 rings (SSSR count). The van der Waals surface area contributed by atoms with Gasteiger partial charge in [0, 0.05) is 17.4 Å². The molecule has 0 aliphatic rings. The Bertz CT molecular complexity index is 845. The predicted molar refractivity (Wildman–Crippen MR) is 89.7 cm³/mol. The van der Waals surface area contributed by atoms with Gasteiger partial charge in [-0.1, -0.05) is 29.8 Å². The van der Waals surface area contributed by atoms with Gasteiger partial charge in [-0.2, -0.15) is 0 Å². The van der Waals surface area contributed by atoms with Crippen molar-refractivity contribution in [2.24, 2.45) is 0 Å². The Morgan fingerprint density at radius 2 is 2.09 bits per heavy atom. The Morgan fingerprint density at radius 3 is 2.91 bits per heavy atom. The van der Waals surface area contributed by atoms with Crippen LogP contribution in [0.5, 0.6) is 0 Å². The van der Waals surface area contributed by atoms with E-state index in [1.54, 1.807) is 6.07 Å². The summed E-state index contributed by atoms with van der Waals surface area (Å²) in [5.74, 6) is -0.215. The summed E-state index contributed by atoms with van der Waals surface area (Å²) in [6.45, 7) is 2.19. The summed E-state index contributed by atoms with van der Waals surface area (Å²) in [6.07, 6.45) is 3.72. The quantitative estimate of drug-likeness (QED) is 0.780. The lowest BCUT2D eigenvalue weighted by Gasteiger charge is -2.08. The number of anilines is 1. The molecule has 6 heteroatoms. The largest absolute Gasteiger partial charge is 0.367 e. The molecule has 23 heavy (non-hydrogen) atoms. The molecule has 5 nitrogen and oxygen atoms in total. The molecular formula is C17H16ClN3O2. The molecule has 0 radical (unpaired) electrons. The van der Waals surface area contributed by atoms with Crippen molar-refractivity contribution in [2.45, 2.75) is 13.5 Å². The van der Waals surface area contributed by atoms with Crippen LogP contribution in [0.25, 0.3) is 5.65 Å². The van der Waals surface area contributed by atoms with Crippen molar-refractivity contribution in [1.82, 2.24) is 9.38 Å². The summed E-state index contributed by atoms with van der Waals surface area (Å²) in [5, 5.41) is 3.43. The number of hydrogen-bond acceptors (Lipinski definition) is 3. The highest BCUT2D eigenvalue weighted by Crippen LogP contribution is 2.16. The van der Waals surface area contributed by atoms with Gasteiger partial charge in [0.2, 0.25) is 5.91 Å². The Balaban J connectivity index is 1.55. The van der Waals surface area contributed by atoms with Crippen LogP contribution in [-0.2, 0) is 16.1 Å². The van der Waals surface area contributed by atoms with Crippen molar-refractivity contribution in [3.8, 4) is 0 Å². The smallest absolute Gasteiger partial charge is 0.250 e. The number of fused-ring (bicyclic) bond motifs is 1. The van der Waals surface area contributed by atoms with Crippen LogP contribution in [0.1, 0.15) is 11.3 Å². The number of halogens is 1. The zero-order chi connectivity index (χ0) is 16.2. The third-order valence-electron chi connectivity index (χ3n) is 3.30. The van der Waals surface area contributed by atoms with Crippen LogP contribution in [0.3, 0.4) is 0 Å². The minimum Gasteiger partial charge on any atom is -0.367 e. The fraction of sp³-hybridized carbons (Fsp3) is 0.176. The third kappa shape index (κ3) is 3.88. The molecular weight excluding hydrogens is 314 g/mol. The highest BCUT2D eigenvalue weighted by Gasteiger charge is 2.06. The van der Waals surface area contributed by atoms with Crippen LogP contribution in [-0.4, -0.2) is 21.9 Å². The molecule has 2 heterocycles. The lowest BCUT2D eigenvalue weighted by Crippen LogP contribution is -2.18. The van der Waals surface area contributed by atoms with Gasteiger partial charge in [0.15, 0.2) is 0 Å². The molecule has 0 fully saturated rings. The predicted octanol–water partition coefficient (Wildman–Crippen LogP) is 3.45. The fourth-order valence-corrected chi connectivity index (χ4v) is 2.45. The topological polar surface area (TPSA) is 55.6 Å². The number of nitrogens with one attached hydrogen (secondary N) is 1. The number of hydrogen-bond donors (Lipinski definition) is 1. The van der Waals surface area contributed by atoms with Gasteiger partial charge in [-0.15, -0.1) is 0 Å². The summed E-state index contributed by atoms with van der Waals surface area (Å²) in [4.78, 5) is 16.3. The molecule has 0 unspecified atom stereocenters. The summed E-state index contributed by atoms with van der Waals surface area (Å²) < 4.78 is 7.28. The van der Waals surface area contributed by atoms with Crippen LogP contribution in [0.15, 0.2) is 48.8 Å². The van der Waals surface area contributed by atoms with Gasteiger partial charge in [0.1, 0.15) is 12.3 Å². The molecule has 1 N–H and O–H groups in total. The lowest BCUT2D eigenvalue weighted by molar-refractivity contribution is -0.121. The van der Waals surface area contributed by atoms with Gasteiger partial charge < -0.3 is 14.5 Å². The van der Waals surface area contributed by atoms with Crippen molar-refractivity contribution in [3.63, 3.8) is 0 Å². The summed E-state index contributed by atoms with van der Waals surface area (Å²) >= 11 is 6.04. The van der Waals surface area contributed by atoms with E-state index in [4.69, 9.17) is 16.3 Å². The van der Waals surface area contributed by atoms with E-state index in [0.717, 1.165) is 16.9 Å². The van der Waals surface area contributed by atoms with E-state index in [0.29, 0.717) is 17.3 Å². The van der Waals surface area contributed by atoms with Gasteiger partial charge in [-0.05, 0) is 30.7 Å². The van der Waals surface area contributed by atoms with Crippen molar-refractivity contribution in [2.75, 3.05) is 11.9 Å². The van der Waals surface area contributed by atoms with Gasteiger partial charge in [-0.3, -0.25) is 4.79 Å². The Morgan fingerprint density at radius 1 is 1.26 bits per heavy atom. The Kier molecular flexibility index (Phi) is 4.60. The number of aromatic nitrogens is 2. The number of carbonyl (C=O) groups is 1. The van der Waals surface area contributed by atoms with Crippen LogP contribution in [0, 0.1) is 6.92 Å². The van der Waals surface area contributed by atoms with Crippen LogP contribution in [0.2, 0.25) is 5.02 Å². The van der Waals surface area contributed by atoms with Crippen LogP contribution < -0.4 is 5.32 Å². The molecule has 0 atom stereocenters. The third-order valence-corrected chi connectivity index (χ3v) is 3.67.